The molecule has 1 atom stereocenters. The fraction of sp³-hybridized carbons (Fsp3) is 0.917. The van der Waals surface area contributed by atoms with Crippen molar-refractivity contribution in [3.8, 4) is 0 Å². The van der Waals surface area contributed by atoms with Crippen LogP contribution in [0.25, 0.3) is 0 Å². The van der Waals surface area contributed by atoms with Crippen molar-refractivity contribution in [2.75, 3.05) is 24.6 Å². The third-order valence-electron chi connectivity index (χ3n) is 3.37. The predicted octanol–water partition coefficient (Wildman–Crippen LogP) is 2.31. The van der Waals surface area contributed by atoms with Gasteiger partial charge in [0.15, 0.2) is 0 Å². The number of aliphatic carboxylic acids is 1. The lowest BCUT2D eigenvalue weighted by Gasteiger charge is -2.47. The fourth-order valence-electron chi connectivity index (χ4n) is 2.69. The third kappa shape index (κ3) is 2.54. The third-order valence-corrected chi connectivity index (χ3v) is 5.04. The van der Waals surface area contributed by atoms with E-state index in [1.165, 1.54) is 0 Å². The van der Waals surface area contributed by atoms with Crippen LogP contribution in [0.3, 0.4) is 0 Å². The molecule has 0 spiro atoms. The van der Waals surface area contributed by atoms with Gasteiger partial charge in [0.25, 0.3) is 0 Å². The SMILES string of the molecule is CCN(CC)C1(C(=O)O)CSCC(C)(C)C1. The van der Waals surface area contributed by atoms with Crippen LogP contribution < -0.4 is 0 Å². The summed E-state index contributed by atoms with van der Waals surface area (Å²) >= 11 is 1.77. The zero-order valence-electron chi connectivity index (χ0n) is 10.7. The molecule has 0 aromatic carbocycles. The lowest BCUT2D eigenvalue weighted by Crippen LogP contribution is -2.60. The molecule has 94 valence electrons. The highest BCUT2D eigenvalue weighted by Crippen LogP contribution is 2.42. The number of carbonyl (C=O) groups is 1. The average molecular weight is 245 g/mol. The average Bonchev–Trinajstić information content (AvgIpc) is 2.17. The number of hydrogen-bond acceptors (Lipinski definition) is 3. The molecule has 0 saturated carbocycles. The van der Waals surface area contributed by atoms with Crippen molar-refractivity contribution in [2.24, 2.45) is 5.41 Å². The first-order valence-electron chi connectivity index (χ1n) is 5.94. The maximum Gasteiger partial charge on any atom is 0.325 e. The van der Waals surface area contributed by atoms with E-state index < -0.39 is 11.5 Å². The predicted molar refractivity (Wildman–Crippen MR) is 69.0 cm³/mol. The molecule has 0 aromatic rings. The summed E-state index contributed by atoms with van der Waals surface area (Å²) in [6.45, 7) is 10.0. The van der Waals surface area contributed by atoms with Gasteiger partial charge in [-0.05, 0) is 30.7 Å². The Hall–Kier alpha value is -0.220. The molecule has 1 aliphatic rings. The summed E-state index contributed by atoms with van der Waals surface area (Å²) in [4.78, 5) is 13.8. The van der Waals surface area contributed by atoms with E-state index in [1.807, 2.05) is 13.8 Å². The van der Waals surface area contributed by atoms with E-state index >= 15 is 0 Å². The summed E-state index contributed by atoms with van der Waals surface area (Å²) in [6, 6.07) is 0. The Morgan fingerprint density at radius 1 is 1.31 bits per heavy atom. The van der Waals surface area contributed by atoms with Gasteiger partial charge >= 0.3 is 5.97 Å². The second-order valence-electron chi connectivity index (χ2n) is 5.34. The van der Waals surface area contributed by atoms with Crippen LogP contribution in [0, 0.1) is 5.41 Å². The van der Waals surface area contributed by atoms with Crippen molar-refractivity contribution in [2.45, 2.75) is 39.7 Å². The second-order valence-corrected chi connectivity index (χ2v) is 6.33. The first-order chi connectivity index (χ1) is 7.38. The van der Waals surface area contributed by atoms with E-state index in [9.17, 15) is 9.90 Å². The Morgan fingerprint density at radius 3 is 2.25 bits per heavy atom. The highest BCUT2D eigenvalue weighted by atomic mass is 32.2. The van der Waals surface area contributed by atoms with E-state index in [2.05, 4.69) is 18.7 Å². The maximum atomic E-state index is 11.7. The van der Waals surface area contributed by atoms with Crippen molar-refractivity contribution in [3.05, 3.63) is 0 Å². The molecule has 0 bridgehead atoms. The van der Waals surface area contributed by atoms with Crippen LogP contribution in [0.4, 0.5) is 0 Å². The topological polar surface area (TPSA) is 40.5 Å². The van der Waals surface area contributed by atoms with E-state index in [0.717, 1.165) is 25.3 Å². The molecule has 16 heavy (non-hydrogen) atoms. The van der Waals surface area contributed by atoms with Gasteiger partial charge in [-0.15, -0.1) is 0 Å². The molecule has 1 aliphatic heterocycles. The molecule has 1 rings (SSSR count). The Labute approximate surface area is 103 Å². The number of hydrogen-bond donors (Lipinski definition) is 1. The molecule has 4 heteroatoms. The Balaban J connectivity index is 3.00. The first-order valence-corrected chi connectivity index (χ1v) is 7.09. The van der Waals surface area contributed by atoms with Gasteiger partial charge in [-0.1, -0.05) is 27.7 Å². The number of likely N-dealkylation sites (N-methyl/N-ethyl adjacent to an activating group) is 1. The number of rotatable bonds is 4. The van der Waals surface area contributed by atoms with Gasteiger partial charge < -0.3 is 5.11 Å². The van der Waals surface area contributed by atoms with Crippen LogP contribution >= 0.6 is 11.8 Å². The van der Waals surface area contributed by atoms with Crippen LogP contribution in [-0.4, -0.2) is 46.1 Å². The van der Waals surface area contributed by atoms with Gasteiger partial charge in [-0.25, -0.2) is 0 Å². The van der Waals surface area contributed by atoms with Crippen molar-refractivity contribution < 1.29 is 9.90 Å². The Bertz CT molecular complexity index is 264. The van der Waals surface area contributed by atoms with Crippen molar-refractivity contribution >= 4 is 17.7 Å². The van der Waals surface area contributed by atoms with E-state index in [-0.39, 0.29) is 5.41 Å². The van der Waals surface area contributed by atoms with Gasteiger partial charge in [0.05, 0.1) is 0 Å². The maximum absolute atomic E-state index is 11.7. The molecule has 1 heterocycles. The molecule has 0 aromatic heterocycles. The molecular weight excluding hydrogens is 222 g/mol. The van der Waals surface area contributed by atoms with Crippen LogP contribution in [-0.2, 0) is 4.79 Å². The van der Waals surface area contributed by atoms with Gasteiger partial charge in [0.2, 0.25) is 0 Å². The molecule has 0 amide bonds. The molecule has 1 fully saturated rings. The van der Waals surface area contributed by atoms with E-state index in [0.29, 0.717) is 5.75 Å². The monoisotopic (exact) mass is 245 g/mol. The summed E-state index contributed by atoms with van der Waals surface area (Å²) in [5.41, 5.74) is -0.542. The number of carboxylic acid groups (broad SMARTS) is 1. The van der Waals surface area contributed by atoms with Crippen LogP contribution in [0.15, 0.2) is 0 Å². The molecule has 1 N–H and O–H groups in total. The van der Waals surface area contributed by atoms with Crippen molar-refractivity contribution in [1.82, 2.24) is 4.90 Å². The van der Waals surface area contributed by atoms with Crippen molar-refractivity contribution in [3.63, 3.8) is 0 Å². The van der Waals surface area contributed by atoms with Crippen LogP contribution in [0.5, 0.6) is 0 Å². The quantitative estimate of drug-likeness (QED) is 0.825. The lowest BCUT2D eigenvalue weighted by molar-refractivity contribution is -0.152. The number of thioether (sulfide) groups is 1. The van der Waals surface area contributed by atoms with Gasteiger partial charge in [-0.3, -0.25) is 9.69 Å². The van der Waals surface area contributed by atoms with Crippen LogP contribution in [0.1, 0.15) is 34.1 Å². The summed E-state index contributed by atoms with van der Waals surface area (Å²) in [5.74, 6) is 1.12. The molecule has 0 radical (unpaired) electrons. The van der Waals surface area contributed by atoms with Crippen LogP contribution in [0.2, 0.25) is 0 Å². The zero-order valence-corrected chi connectivity index (χ0v) is 11.6. The largest absolute Gasteiger partial charge is 0.480 e. The molecule has 0 aliphatic carbocycles. The highest BCUT2D eigenvalue weighted by Gasteiger charge is 2.49. The standard InChI is InChI=1S/C12H23NO2S/c1-5-13(6-2)12(10(14)15)7-11(3,4)8-16-9-12/h5-9H2,1-4H3,(H,14,15). The van der Waals surface area contributed by atoms with E-state index in [1.54, 1.807) is 11.8 Å². The first kappa shape index (κ1) is 13.8. The second kappa shape index (κ2) is 4.96. The minimum atomic E-state index is -0.657. The van der Waals surface area contributed by atoms with Gasteiger partial charge in [0.1, 0.15) is 5.54 Å². The Morgan fingerprint density at radius 2 is 1.88 bits per heavy atom. The van der Waals surface area contributed by atoms with E-state index in [4.69, 9.17) is 0 Å². The summed E-state index contributed by atoms with van der Waals surface area (Å²) in [5, 5.41) is 9.60. The molecule has 1 unspecified atom stereocenters. The normalized spacial score (nSPS) is 29.3. The highest BCUT2D eigenvalue weighted by molar-refractivity contribution is 7.99. The lowest BCUT2D eigenvalue weighted by atomic mass is 9.78. The fourth-order valence-corrected chi connectivity index (χ4v) is 4.20. The summed E-state index contributed by atoms with van der Waals surface area (Å²) in [7, 11) is 0. The number of carboxylic acids is 1. The molecular formula is C12H23NO2S. The Kier molecular flexibility index (Phi) is 4.29. The minimum absolute atomic E-state index is 0.115. The molecule has 1 saturated heterocycles. The molecule has 3 nitrogen and oxygen atoms in total. The minimum Gasteiger partial charge on any atom is -0.480 e. The smallest absolute Gasteiger partial charge is 0.325 e. The summed E-state index contributed by atoms with van der Waals surface area (Å²) in [6.07, 6.45) is 0.754. The van der Waals surface area contributed by atoms with Crippen molar-refractivity contribution in [1.29, 1.82) is 0 Å². The van der Waals surface area contributed by atoms with Gasteiger partial charge in [0, 0.05) is 5.75 Å². The zero-order chi connectivity index (χ0) is 12.4. The summed E-state index contributed by atoms with van der Waals surface area (Å²) < 4.78 is 0. The number of nitrogens with zero attached hydrogens (tertiary/aromatic N) is 1. The van der Waals surface area contributed by atoms with Gasteiger partial charge in [-0.2, -0.15) is 11.8 Å².